The van der Waals surface area contributed by atoms with E-state index in [1.165, 1.54) is 5.56 Å². The van der Waals surface area contributed by atoms with Gasteiger partial charge in [-0.1, -0.05) is 43.3 Å². The van der Waals surface area contributed by atoms with Crippen molar-refractivity contribution in [3.05, 3.63) is 53.7 Å². The molecule has 0 saturated carbocycles. The molecule has 2 heterocycles. The van der Waals surface area contributed by atoms with Crippen molar-refractivity contribution in [1.29, 1.82) is 0 Å². The van der Waals surface area contributed by atoms with E-state index < -0.39 is 5.97 Å². The van der Waals surface area contributed by atoms with Gasteiger partial charge in [0.25, 0.3) is 0 Å². The molecule has 8 heteroatoms. The van der Waals surface area contributed by atoms with Gasteiger partial charge in [0.05, 0.1) is 12.3 Å². The first-order valence-electron chi connectivity index (χ1n) is 9.93. The molecule has 30 heavy (non-hydrogen) atoms. The Morgan fingerprint density at radius 3 is 2.63 bits per heavy atom. The molecule has 0 atom stereocenters. The lowest BCUT2D eigenvalue weighted by atomic mass is 10.0. The lowest BCUT2D eigenvalue weighted by Gasteiger charge is -2.04. The van der Waals surface area contributed by atoms with E-state index in [1.807, 2.05) is 24.3 Å². The number of benzene rings is 1. The number of nitrogens with one attached hydrogen (secondary N) is 1. The Labute approximate surface area is 175 Å². The number of esters is 1. The number of anilines is 1. The van der Waals surface area contributed by atoms with Crippen molar-refractivity contribution < 1.29 is 18.8 Å². The van der Waals surface area contributed by atoms with Gasteiger partial charge in [-0.2, -0.15) is 4.98 Å². The summed E-state index contributed by atoms with van der Waals surface area (Å²) >= 11 is 0. The third-order valence-electron chi connectivity index (χ3n) is 4.64. The molecule has 0 saturated heterocycles. The van der Waals surface area contributed by atoms with Crippen molar-refractivity contribution in [2.24, 2.45) is 7.05 Å². The molecule has 3 rings (SSSR count). The zero-order valence-electron chi connectivity index (χ0n) is 17.6. The molecule has 0 aliphatic rings. The summed E-state index contributed by atoms with van der Waals surface area (Å²) in [7, 11) is 1.72. The molecule has 0 unspecified atom stereocenters. The molecule has 0 bridgehead atoms. The van der Waals surface area contributed by atoms with Gasteiger partial charge in [0, 0.05) is 31.6 Å². The summed E-state index contributed by atoms with van der Waals surface area (Å²) in [5.74, 6) is 0.713. The maximum atomic E-state index is 12.3. The smallest absolute Gasteiger partial charge is 0.355 e. The van der Waals surface area contributed by atoms with Gasteiger partial charge >= 0.3 is 5.97 Å². The van der Waals surface area contributed by atoms with Crippen molar-refractivity contribution in [3.63, 3.8) is 0 Å². The third-order valence-corrected chi connectivity index (χ3v) is 4.64. The molecule has 8 nitrogen and oxygen atoms in total. The summed E-state index contributed by atoms with van der Waals surface area (Å²) < 4.78 is 11.9. The van der Waals surface area contributed by atoms with Crippen LogP contribution in [0.1, 0.15) is 55.1 Å². The van der Waals surface area contributed by atoms with Crippen LogP contribution in [0.5, 0.6) is 0 Å². The van der Waals surface area contributed by atoms with Crippen molar-refractivity contribution in [2.75, 3.05) is 11.9 Å². The number of amides is 1. The Morgan fingerprint density at radius 2 is 1.97 bits per heavy atom. The van der Waals surface area contributed by atoms with Crippen LogP contribution in [0.25, 0.3) is 11.4 Å². The Morgan fingerprint density at radius 1 is 1.23 bits per heavy atom. The fraction of sp³-hybridized carbons (Fsp3) is 0.364. The molecular formula is C22H26N4O4. The quantitative estimate of drug-likeness (QED) is 0.565. The van der Waals surface area contributed by atoms with Crippen LogP contribution in [-0.4, -0.2) is 33.2 Å². The van der Waals surface area contributed by atoms with Crippen LogP contribution < -0.4 is 5.32 Å². The zero-order valence-corrected chi connectivity index (χ0v) is 17.6. The Hall–Kier alpha value is -3.42. The summed E-state index contributed by atoms with van der Waals surface area (Å²) in [6, 6.07) is 9.61. The number of ether oxygens (including phenoxy) is 1. The van der Waals surface area contributed by atoms with E-state index in [-0.39, 0.29) is 12.3 Å². The minimum atomic E-state index is -0.430. The van der Waals surface area contributed by atoms with Crippen molar-refractivity contribution in [1.82, 2.24) is 14.7 Å². The molecule has 0 aliphatic heterocycles. The monoisotopic (exact) mass is 410 g/mol. The number of carbonyl (C=O) groups excluding carboxylic acids is 2. The van der Waals surface area contributed by atoms with Gasteiger partial charge in [-0.15, -0.1) is 0 Å². The summed E-state index contributed by atoms with van der Waals surface area (Å²) in [6.07, 6.45) is 2.16. The first kappa shape index (κ1) is 21.3. The third kappa shape index (κ3) is 5.14. The van der Waals surface area contributed by atoms with Gasteiger partial charge in [-0.25, -0.2) is 4.79 Å². The number of aromatic nitrogens is 3. The first-order chi connectivity index (χ1) is 14.4. The number of hydrogen-bond donors (Lipinski definition) is 1. The highest BCUT2D eigenvalue weighted by Crippen LogP contribution is 2.21. The van der Waals surface area contributed by atoms with Gasteiger partial charge in [0.2, 0.25) is 17.6 Å². The lowest BCUT2D eigenvalue weighted by Crippen LogP contribution is -2.12. The maximum Gasteiger partial charge on any atom is 0.355 e. The van der Waals surface area contributed by atoms with Crippen LogP contribution in [0, 0.1) is 0 Å². The van der Waals surface area contributed by atoms with Crippen LogP contribution in [0.4, 0.5) is 5.69 Å². The Balaban J connectivity index is 1.55. The first-order valence-corrected chi connectivity index (χ1v) is 9.93. The van der Waals surface area contributed by atoms with Crippen molar-refractivity contribution >= 4 is 17.6 Å². The molecule has 3 aromatic rings. The minimum absolute atomic E-state index is 0.178. The van der Waals surface area contributed by atoms with Crippen LogP contribution in [0.3, 0.4) is 0 Å². The molecule has 0 fully saturated rings. The minimum Gasteiger partial charge on any atom is -0.461 e. The van der Waals surface area contributed by atoms with E-state index in [0.717, 1.165) is 5.56 Å². The predicted molar refractivity (Wildman–Crippen MR) is 112 cm³/mol. The summed E-state index contributed by atoms with van der Waals surface area (Å²) in [4.78, 5) is 28.5. The second-order valence-corrected chi connectivity index (χ2v) is 7.28. The molecule has 1 N–H and O–H groups in total. The van der Waals surface area contributed by atoms with E-state index in [9.17, 15) is 9.59 Å². The van der Waals surface area contributed by atoms with Crippen LogP contribution >= 0.6 is 0 Å². The number of aryl methyl sites for hydroxylation is 2. The average Bonchev–Trinajstić information content (AvgIpc) is 3.33. The summed E-state index contributed by atoms with van der Waals surface area (Å²) in [5.41, 5.74) is 3.01. The van der Waals surface area contributed by atoms with Gasteiger partial charge in [-0.3, -0.25) is 4.79 Å². The van der Waals surface area contributed by atoms with Gasteiger partial charge in [0.1, 0.15) is 5.69 Å². The second kappa shape index (κ2) is 9.39. The number of hydrogen-bond acceptors (Lipinski definition) is 6. The molecule has 0 aliphatic carbocycles. The Bertz CT molecular complexity index is 1020. The van der Waals surface area contributed by atoms with E-state index in [1.54, 1.807) is 30.8 Å². The predicted octanol–water partition coefficient (Wildman–Crippen LogP) is 3.95. The number of nitrogens with zero attached hydrogens (tertiary/aromatic N) is 3. The van der Waals surface area contributed by atoms with Gasteiger partial charge in [-0.05, 0) is 24.5 Å². The fourth-order valence-electron chi connectivity index (χ4n) is 2.98. The average molecular weight is 410 g/mol. The largest absolute Gasteiger partial charge is 0.461 e. The summed E-state index contributed by atoms with van der Waals surface area (Å²) in [5, 5.41) is 6.77. The normalized spacial score (nSPS) is 11.0. The molecule has 1 aromatic carbocycles. The van der Waals surface area contributed by atoms with Crippen LogP contribution in [-0.2, 0) is 23.0 Å². The number of rotatable bonds is 8. The SMILES string of the molecule is CCOC(=O)c1cc(NC(=O)CCc2nc(-c3ccc(C(C)C)cc3)no2)cn1C. The topological polar surface area (TPSA) is 99.2 Å². The van der Waals surface area contributed by atoms with E-state index >= 15 is 0 Å². The van der Waals surface area contributed by atoms with Crippen LogP contribution in [0.2, 0.25) is 0 Å². The second-order valence-electron chi connectivity index (χ2n) is 7.28. The molecule has 1 amide bonds. The van der Waals surface area contributed by atoms with Gasteiger partial charge < -0.3 is 19.1 Å². The lowest BCUT2D eigenvalue weighted by molar-refractivity contribution is -0.116. The maximum absolute atomic E-state index is 12.3. The van der Waals surface area contributed by atoms with Crippen LogP contribution in [0.15, 0.2) is 41.1 Å². The van der Waals surface area contributed by atoms with E-state index in [4.69, 9.17) is 9.26 Å². The van der Waals surface area contributed by atoms with Crippen molar-refractivity contribution in [2.45, 2.75) is 39.5 Å². The highest BCUT2D eigenvalue weighted by molar-refractivity contribution is 5.94. The Kier molecular flexibility index (Phi) is 6.66. The summed E-state index contributed by atoms with van der Waals surface area (Å²) in [6.45, 7) is 6.31. The molecule has 0 radical (unpaired) electrons. The standard InChI is InChI=1S/C22H26N4O4/c1-5-29-22(28)18-12-17(13-26(18)4)23-19(27)10-11-20-24-21(25-30-20)16-8-6-15(7-9-16)14(2)3/h6-9,12-14H,5,10-11H2,1-4H3,(H,23,27). The highest BCUT2D eigenvalue weighted by Gasteiger charge is 2.15. The van der Waals surface area contributed by atoms with E-state index in [0.29, 0.717) is 42.0 Å². The number of carbonyl (C=O) groups is 2. The fourth-order valence-corrected chi connectivity index (χ4v) is 2.98. The van der Waals surface area contributed by atoms with E-state index in [2.05, 4.69) is 29.3 Å². The van der Waals surface area contributed by atoms with Gasteiger partial charge in [0.15, 0.2) is 0 Å². The molecule has 0 spiro atoms. The molecule has 158 valence electrons. The molecular weight excluding hydrogens is 384 g/mol. The van der Waals surface area contributed by atoms with Crippen molar-refractivity contribution in [3.8, 4) is 11.4 Å². The molecule has 2 aromatic heterocycles. The zero-order chi connectivity index (χ0) is 21.7. The highest BCUT2D eigenvalue weighted by atomic mass is 16.5.